The van der Waals surface area contributed by atoms with Crippen LogP contribution in [-0.4, -0.2) is 40.7 Å². The van der Waals surface area contributed by atoms with E-state index in [4.69, 9.17) is 4.52 Å². The van der Waals surface area contributed by atoms with E-state index in [2.05, 4.69) is 10.5 Å². The molecule has 1 aliphatic heterocycles. The van der Waals surface area contributed by atoms with Crippen LogP contribution in [0.15, 0.2) is 28.8 Å². The van der Waals surface area contributed by atoms with Crippen molar-refractivity contribution >= 4 is 23.4 Å². The molecule has 7 heteroatoms. The number of aromatic nitrogens is 1. The van der Waals surface area contributed by atoms with Crippen LogP contribution in [0.4, 0.5) is 5.82 Å². The van der Waals surface area contributed by atoms with Gasteiger partial charge in [0.1, 0.15) is 5.76 Å². The zero-order valence-electron chi connectivity index (χ0n) is 17.2. The van der Waals surface area contributed by atoms with Gasteiger partial charge in [0.2, 0.25) is 11.8 Å². The van der Waals surface area contributed by atoms with Crippen LogP contribution in [0.3, 0.4) is 0 Å². The summed E-state index contributed by atoms with van der Waals surface area (Å²) in [7, 11) is 0. The monoisotopic (exact) mass is 397 g/mol. The molecule has 2 amide bonds. The summed E-state index contributed by atoms with van der Waals surface area (Å²) in [5.74, 6) is 0.738. The minimum absolute atomic E-state index is 0.0152. The number of hydrogen-bond donors (Lipinski definition) is 1. The van der Waals surface area contributed by atoms with E-state index >= 15 is 0 Å². The SMILES string of the molecule is Cc1cc(NC(=O)C2CCN(C(=O)CCC(=O)c3ccc(C)c(C)c3)CC2)no1. The largest absolute Gasteiger partial charge is 0.360 e. The fourth-order valence-corrected chi connectivity index (χ4v) is 3.48. The molecular weight excluding hydrogens is 370 g/mol. The van der Waals surface area contributed by atoms with Crippen molar-refractivity contribution in [3.05, 3.63) is 46.7 Å². The van der Waals surface area contributed by atoms with Crippen molar-refractivity contribution in [1.82, 2.24) is 10.1 Å². The predicted molar refractivity (Wildman–Crippen MR) is 109 cm³/mol. The number of hydrogen-bond acceptors (Lipinski definition) is 5. The van der Waals surface area contributed by atoms with Crippen molar-refractivity contribution in [1.29, 1.82) is 0 Å². The Kier molecular flexibility index (Phi) is 6.46. The summed E-state index contributed by atoms with van der Waals surface area (Å²) in [6.45, 7) is 6.78. The van der Waals surface area contributed by atoms with Crippen LogP contribution < -0.4 is 5.32 Å². The second-order valence-electron chi connectivity index (χ2n) is 7.69. The number of likely N-dealkylation sites (tertiary alicyclic amines) is 1. The fourth-order valence-electron chi connectivity index (χ4n) is 3.48. The third kappa shape index (κ3) is 5.31. The van der Waals surface area contributed by atoms with Crippen molar-refractivity contribution in [2.45, 2.75) is 46.5 Å². The number of aryl methyl sites for hydroxylation is 3. The Labute approximate surface area is 170 Å². The summed E-state index contributed by atoms with van der Waals surface area (Å²) >= 11 is 0. The van der Waals surface area contributed by atoms with Gasteiger partial charge in [-0.15, -0.1) is 0 Å². The molecule has 1 aromatic carbocycles. The summed E-state index contributed by atoms with van der Waals surface area (Å²) < 4.78 is 4.95. The molecule has 0 radical (unpaired) electrons. The minimum atomic E-state index is -0.159. The van der Waals surface area contributed by atoms with Crippen LogP contribution >= 0.6 is 0 Å². The molecular formula is C22H27N3O4. The van der Waals surface area contributed by atoms with Gasteiger partial charge in [0.25, 0.3) is 0 Å². The van der Waals surface area contributed by atoms with Gasteiger partial charge >= 0.3 is 0 Å². The average molecular weight is 397 g/mol. The van der Waals surface area contributed by atoms with E-state index in [0.717, 1.165) is 11.1 Å². The van der Waals surface area contributed by atoms with Gasteiger partial charge in [-0.1, -0.05) is 17.3 Å². The van der Waals surface area contributed by atoms with E-state index in [9.17, 15) is 14.4 Å². The first-order valence-electron chi connectivity index (χ1n) is 9.96. The average Bonchev–Trinajstić information content (AvgIpc) is 3.12. The molecule has 1 aromatic heterocycles. The van der Waals surface area contributed by atoms with Crippen LogP contribution in [0.5, 0.6) is 0 Å². The lowest BCUT2D eigenvalue weighted by Gasteiger charge is -2.31. The number of carbonyl (C=O) groups excluding carboxylic acids is 3. The van der Waals surface area contributed by atoms with Gasteiger partial charge in [-0.25, -0.2) is 0 Å². The molecule has 1 saturated heterocycles. The van der Waals surface area contributed by atoms with Crippen molar-refractivity contribution < 1.29 is 18.9 Å². The van der Waals surface area contributed by atoms with Gasteiger partial charge in [0.15, 0.2) is 11.6 Å². The van der Waals surface area contributed by atoms with Gasteiger partial charge in [0.05, 0.1) is 0 Å². The number of piperidine rings is 1. The van der Waals surface area contributed by atoms with Crippen LogP contribution in [0.1, 0.15) is 52.9 Å². The number of nitrogens with zero attached hydrogens (tertiary/aromatic N) is 2. The van der Waals surface area contributed by atoms with Crippen molar-refractivity contribution in [3.8, 4) is 0 Å². The zero-order valence-corrected chi connectivity index (χ0v) is 17.2. The highest BCUT2D eigenvalue weighted by atomic mass is 16.5. The lowest BCUT2D eigenvalue weighted by atomic mass is 9.95. The molecule has 1 aliphatic rings. The van der Waals surface area contributed by atoms with Crippen molar-refractivity contribution in [2.24, 2.45) is 5.92 Å². The Morgan fingerprint density at radius 2 is 1.79 bits per heavy atom. The highest BCUT2D eigenvalue weighted by Gasteiger charge is 2.28. The Balaban J connectivity index is 1.44. The van der Waals surface area contributed by atoms with E-state index in [1.807, 2.05) is 32.0 Å². The highest BCUT2D eigenvalue weighted by Crippen LogP contribution is 2.21. The number of Topliss-reactive ketones (excluding diaryl/α,β-unsaturated/α-hetero) is 1. The van der Waals surface area contributed by atoms with E-state index in [1.54, 1.807) is 17.9 Å². The number of rotatable bonds is 6. The predicted octanol–water partition coefficient (Wildman–Crippen LogP) is 3.44. The van der Waals surface area contributed by atoms with Crippen LogP contribution in [-0.2, 0) is 9.59 Å². The lowest BCUT2D eigenvalue weighted by molar-refractivity contribution is -0.134. The summed E-state index contributed by atoms with van der Waals surface area (Å²) in [6.07, 6.45) is 1.59. The molecule has 1 fully saturated rings. The second-order valence-corrected chi connectivity index (χ2v) is 7.69. The Hall–Kier alpha value is -2.96. The van der Waals surface area contributed by atoms with Gasteiger partial charge in [-0.3, -0.25) is 14.4 Å². The normalized spacial score (nSPS) is 14.7. The maximum Gasteiger partial charge on any atom is 0.228 e. The highest BCUT2D eigenvalue weighted by molar-refractivity contribution is 5.98. The molecule has 29 heavy (non-hydrogen) atoms. The first kappa shape index (κ1) is 20.8. The maximum absolute atomic E-state index is 12.5. The Bertz CT molecular complexity index is 911. The zero-order chi connectivity index (χ0) is 21.0. The fraction of sp³-hybridized carbons (Fsp3) is 0.455. The maximum atomic E-state index is 12.5. The second kappa shape index (κ2) is 9.03. The van der Waals surface area contributed by atoms with E-state index in [1.165, 1.54) is 0 Å². The van der Waals surface area contributed by atoms with Gasteiger partial charge in [0, 0.05) is 43.5 Å². The van der Waals surface area contributed by atoms with Crippen molar-refractivity contribution in [3.63, 3.8) is 0 Å². The molecule has 0 unspecified atom stereocenters. The molecule has 1 N–H and O–H groups in total. The molecule has 2 heterocycles. The quantitative estimate of drug-likeness (QED) is 0.754. The number of nitrogens with one attached hydrogen (secondary N) is 1. The standard InChI is InChI=1S/C22H27N3O4/c1-14-4-5-18(12-15(14)2)19(26)6-7-21(27)25-10-8-17(9-11-25)22(28)23-20-13-16(3)29-24-20/h4-5,12-13,17H,6-11H2,1-3H3,(H,23,24,28). The molecule has 3 rings (SSSR count). The molecule has 0 bridgehead atoms. The summed E-state index contributed by atoms with van der Waals surface area (Å²) in [5.41, 5.74) is 2.87. The smallest absolute Gasteiger partial charge is 0.228 e. The van der Waals surface area contributed by atoms with E-state index < -0.39 is 0 Å². The summed E-state index contributed by atoms with van der Waals surface area (Å²) in [5, 5.41) is 6.52. The minimum Gasteiger partial charge on any atom is -0.360 e. The third-order valence-corrected chi connectivity index (χ3v) is 5.49. The molecule has 7 nitrogen and oxygen atoms in total. The van der Waals surface area contributed by atoms with E-state index in [-0.39, 0.29) is 36.4 Å². The van der Waals surface area contributed by atoms with Crippen LogP contribution in [0.2, 0.25) is 0 Å². The number of benzene rings is 1. The first-order valence-corrected chi connectivity index (χ1v) is 9.96. The first-order chi connectivity index (χ1) is 13.8. The Morgan fingerprint density at radius 1 is 1.07 bits per heavy atom. The molecule has 154 valence electrons. The van der Waals surface area contributed by atoms with Crippen LogP contribution in [0, 0.1) is 26.7 Å². The molecule has 0 spiro atoms. The van der Waals surface area contributed by atoms with Crippen LogP contribution in [0.25, 0.3) is 0 Å². The molecule has 0 aliphatic carbocycles. The molecule has 2 aromatic rings. The Morgan fingerprint density at radius 3 is 2.41 bits per heavy atom. The number of carbonyl (C=O) groups is 3. The van der Waals surface area contributed by atoms with Gasteiger partial charge < -0.3 is 14.7 Å². The number of amides is 2. The van der Waals surface area contributed by atoms with E-state index in [0.29, 0.717) is 43.1 Å². The number of anilines is 1. The third-order valence-electron chi connectivity index (χ3n) is 5.49. The van der Waals surface area contributed by atoms with Crippen molar-refractivity contribution in [2.75, 3.05) is 18.4 Å². The lowest BCUT2D eigenvalue weighted by Crippen LogP contribution is -2.41. The topological polar surface area (TPSA) is 92.5 Å². The van der Waals surface area contributed by atoms with Gasteiger partial charge in [-0.05, 0) is 50.8 Å². The summed E-state index contributed by atoms with van der Waals surface area (Å²) in [4.78, 5) is 38.9. The number of ketones is 1. The summed E-state index contributed by atoms with van der Waals surface area (Å²) in [6, 6.07) is 7.29. The van der Waals surface area contributed by atoms with Gasteiger partial charge in [-0.2, -0.15) is 0 Å². The molecule has 0 atom stereocenters. The molecule has 0 saturated carbocycles.